The lowest BCUT2D eigenvalue weighted by molar-refractivity contribution is 0.0957. The number of aromatic amines is 1. The fourth-order valence-electron chi connectivity index (χ4n) is 2.18. The van der Waals surface area contributed by atoms with Crippen molar-refractivity contribution in [2.24, 2.45) is 0 Å². The molecule has 0 radical (unpaired) electrons. The van der Waals surface area contributed by atoms with Gasteiger partial charge in [-0.2, -0.15) is 0 Å². The van der Waals surface area contributed by atoms with E-state index in [2.05, 4.69) is 15.8 Å². The molecule has 9 heteroatoms. The maximum absolute atomic E-state index is 12.1. The molecular weight excluding hydrogens is 332 g/mol. The summed E-state index contributed by atoms with van der Waals surface area (Å²) >= 11 is 0. The van der Waals surface area contributed by atoms with E-state index in [1.807, 2.05) is 0 Å². The number of hydrogen-bond acceptors (Lipinski definition) is 5. The van der Waals surface area contributed by atoms with Crippen LogP contribution in [0.15, 0.2) is 58.4 Å². The van der Waals surface area contributed by atoms with Crippen LogP contribution >= 0.6 is 0 Å². The number of H-pyrrole nitrogens is 1. The molecule has 0 saturated heterocycles. The van der Waals surface area contributed by atoms with Crippen LogP contribution in [0.2, 0.25) is 0 Å². The molecular formula is C15H14N4O4S. The monoisotopic (exact) mass is 346 g/mol. The van der Waals surface area contributed by atoms with Crippen molar-refractivity contribution in [3.8, 4) is 0 Å². The highest BCUT2D eigenvalue weighted by Gasteiger charge is 2.10. The van der Waals surface area contributed by atoms with Gasteiger partial charge >= 0.3 is 5.69 Å². The number of benzene rings is 1. The number of fused-ring (bicyclic) bond motifs is 1. The maximum Gasteiger partial charge on any atom is 0.330 e. The minimum absolute atomic E-state index is 0.0815. The minimum Gasteiger partial charge on any atom is -0.302 e. The Hall–Kier alpha value is -3.07. The van der Waals surface area contributed by atoms with Crippen LogP contribution in [0.5, 0.6) is 0 Å². The van der Waals surface area contributed by atoms with Crippen molar-refractivity contribution < 1.29 is 13.2 Å². The van der Waals surface area contributed by atoms with Gasteiger partial charge in [0.2, 0.25) is 0 Å². The number of nitrogens with one attached hydrogen (secondary N) is 3. The fraction of sp³-hybridized carbons (Fsp3) is 0.0667. The van der Waals surface area contributed by atoms with E-state index in [0.717, 1.165) is 6.26 Å². The van der Waals surface area contributed by atoms with Gasteiger partial charge in [-0.25, -0.2) is 13.2 Å². The largest absolute Gasteiger partial charge is 0.330 e. The zero-order valence-electron chi connectivity index (χ0n) is 12.6. The van der Waals surface area contributed by atoms with E-state index in [1.165, 1.54) is 22.6 Å². The van der Waals surface area contributed by atoms with E-state index in [0.29, 0.717) is 11.2 Å². The number of carbonyl (C=O) groups excluding carboxylic acids is 1. The molecule has 3 rings (SSSR count). The Balaban J connectivity index is 1.79. The number of hydrogen-bond donors (Lipinski definition) is 3. The molecule has 8 nitrogen and oxygen atoms in total. The van der Waals surface area contributed by atoms with Crippen LogP contribution in [-0.4, -0.2) is 30.0 Å². The molecule has 24 heavy (non-hydrogen) atoms. The van der Waals surface area contributed by atoms with Crippen LogP contribution in [0, 0.1) is 0 Å². The highest BCUT2D eigenvalue weighted by atomic mass is 32.2. The predicted molar refractivity (Wildman–Crippen MR) is 88.7 cm³/mol. The van der Waals surface area contributed by atoms with E-state index in [-0.39, 0.29) is 10.6 Å². The van der Waals surface area contributed by atoms with E-state index >= 15 is 0 Å². The normalized spacial score (nSPS) is 11.4. The first-order chi connectivity index (χ1) is 11.3. The van der Waals surface area contributed by atoms with Gasteiger partial charge in [-0.05, 0) is 36.4 Å². The summed E-state index contributed by atoms with van der Waals surface area (Å²) in [5.41, 5.74) is 5.68. The summed E-state index contributed by atoms with van der Waals surface area (Å²) < 4.78 is 24.4. The van der Waals surface area contributed by atoms with E-state index in [4.69, 9.17) is 0 Å². The molecule has 2 heterocycles. The van der Waals surface area contributed by atoms with Gasteiger partial charge in [-0.3, -0.25) is 20.0 Å². The first-order valence-electron chi connectivity index (χ1n) is 6.91. The van der Waals surface area contributed by atoms with Crippen LogP contribution in [0.25, 0.3) is 5.52 Å². The second-order valence-electron chi connectivity index (χ2n) is 5.17. The van der Waals surface area contributed by atoms with Crippen LogP contribution in [-0.2, 0) is 9.84 Å². The van der Waals surface area contributed by atoms with Gasteiger partial charge in [0.15, 0.2) is 9.84 Å². The average Bonchev–Trinajstić information content (AvgIpc) is 3.01. The Morgan fingerprint density at radius 3 is 2.71 bits per heavy atom. The molecule has 124 valence electrons. The van der Waals surface area contributed by atoms with Gasteiger partial charge in [-0.15, -0.1) is 0 Å². The molecule has 0 aliphatic heterocycles. The minimum atomic E-state index is -3.34. The lowest BCUT2D eigenvalue weighted by atomic mass is 10.3. The summed E-state index contributed by atoms with van der Waals surface area (Å²) in [6.07, 6.45) is 2.69. The summed E-state index contributed by atoms with van der Waals surface area (Å²) in [5.74, 6) is -0.555. The molecule has 0 saturated carbocycles. The van der Waals surface area contributed by atoms with Crippen LogP contribution < -0.4 is 16.5 Å². The van der Waals surface area contributed by atoms with Crippen molar-refractivity contribution in [3.05, 3.63) is 64.8 Å². The van der Waals surface area contributed by atoms with Crippen molar-refractivity contribution in [2.75, 3.05) is 11.7 Å². The number of hydrazine groups is 1. The van der Waals surface area contributed by atoms with Crippen molar-refractivity contribution >= 4 is 26.9 Å². The van der Waals surface area contributed by atoms with Gasteiger partial charge in [0, 0.05) is 12.5 Å². The second-order valence-corrected chi connectivity index (χ2v) is 7.19. The Bertz CT molecular complexity index is 1080. The molecule has 0 fully saturated rings. The lowest BCUT2D eigenvalue weighted by Gasteiger charge is -2.09. The van der Waals surface area contributed by atoms with Gasteiger partial charge in [0.05, 0.1) is 16.1 Å². The molecule has 3 aromatic rings. The SMILES string of the molecule is CS(=O)(=O)c1cccc(NNC(=O)c2cc3cccn3c(=O)[nH]2)c1. The van der Waals surface area contributed by atoms with Gasteiger partial charge in [0.1, 0.15) is 5.69 Å². The maximum atomic E-state index is 12.1. The first-order valence-corrected chi connectivity index (χ1v) is 8.80. The molecule has 0 spiro atoms. The lowest BCUT2D eigenvalue weighted by Crippen LogP contribution is -2.32. The third-order valence-corrected chi connectivity index (χ3v) is 4.47. The Morgan fingerprint density at radius 2 is 1.96 bits per heavy atom. The molecule has 0 aliphatic rings. The average molecular weight is 346 g/mol. The third-order valence-electron chi connectivity index (χ3n) is 3.36. The molecule has 2 aromatic heterocycles. The molecule has 3 N–H and O–H groups in total. The zero-order chi connectivity index (χ0) is 17.3. The number of carbonyl (C=O) groups is 1. The number of sulfone groups is 1. The first kappa shape index (κ1) is 15.8. The second kappa shape index (κ2) is 5.85. The van der Waals surface area contributed by atoms with Crippen molar-refractivity contribution in [1.29, 1.82) is 0 Å². The Kier molecular flexibility index (Phi) is 3.86. The Morgan fingerprint density at radius 1 is 1.17 bits per heavy atom. The van der Waals surface area contributed by atoms with E-state index in [1.54, 1.807) is 30.5 Å². The number of nitrogens with zero attached hydrogens (tertiary/aromatic N) is 1. The number of rotatable bonds is 4. The third kappa shape index (κ3) is 3.15. The highest BCUT2D eigenvalue weighted by molar-refractivity contribution is 7.90. The Labute approximate surface area is 137 Å². The van der Waals surface area contributed by atoms with Gasteiger partial charge in [-0.1, -0.05) is 6.07 Å². The molecule has 0 bridgehead atoms. The van der Waals surface area contributed by atoms with Gasteiger partial charge < -0.3 is 4.98 Å². The van der Waals surface area contributed by atoms with Gasteiger partial charge in [0.25, 0.3) is 5.91 Å². The molecule has 0 unspecified atom stereocenters. The zero-order valence-corrected chi connectivity index (χ0v) is 13.4. The molecule has 0 aliphatic carbocycles. The molecule has 0 atom stereocenters. The van der Waals surface area contributed by atoms with Crippen LogP contribution in [0.4, 0.5) is 5.69 Å². The standard InChI is InChI=1S/C15H14N4O4S/c1-24(22,23)12-6-2-4-10(8-12)17-18-14(20)13-9-11-5-3-7-19(11)15(21)16-13/h2-9,17H,1H3,(H,16,21)(H,18,20). The highest BCUT2D eigenvalue weighted by Crippen LogP contribution is 2.14. The summed E-state index contributed by atoms with van der Waals surface area (Å²) in [4.78, 5) is 26.6. The van der Waals surface area contributed by atoms with Crippen molar-refractivity contribution in [3.63, 3.8) is 0 Å². The molecule has 1 aromatic carbocycles. The predicted octanol–water partition coefficient (Wildman–Crippen LogP) is 0.788. The molecule has 1 amide bonds. The topological polar surface area (TPSA) is 113 Å². The smallest absolute Gasteiger partial charge is 0.302 e. The summed E-state index contributed by atoms with van der Waals surface area (Å²) in [7, 11) is -3.34. The number of aromatic nitrogens is 2. The summed E-state index contributed by atoms with van der Waals surface area (Å²) in [5, 5.41) is 0. The number of amides is 1. The van der Waals surface area contributed by atoms with Crippen molar-refractivity contribution in [1.82, 2.24) is 14.8 Å². The van der Waals surface area contributed by atoms with Crippen LogP contribution in [0.1, 0.15) is 10.5 Å². The summed E-state index contributed by atoms with van der Waals surface area (Å²) in [6.45, 7) is 0. The number of anilines is 1. The van der Waals surface area contributed by atoms with Crippen molar-refractivity contribution in [2.45, 2.75) is 4.90 Å². The van der Waals surface area contributed by atoms with Crippen LogP contribution in [0.3, 0.4) is 0 Å². The quantitative estimate of drug-likeness (QED) is 0.605. The van der Waals surface area contributed by atoms with E-state index < -0.39 is 21.4 Å². The fourth-order valence-corrected chi connectivity index (χ4v) is 2.85. The summed E-state index contributed by atoms with van der Waals surface area (Å²) in [6, 6.07) is 10.9. The van der Waals surface area contributed by atoms with E-state index in [9.17, 15) is 18.0 Å².